The van der Waals surface area contributed by atoms with E-state index in [0.717, 1.165) is 11.3 Å². The van der Waals surface area contributed by atoms with Crippen LogP contribution in [0.2, 0.25) is 0 Å². The van der Waals surface area contributed by atoms with Crippen LogP contribution in [-0.2, 0) is 18.3 Å². The van der Waals surface area contributed by atoms with E-state index < -0.39 is 10.9 Å². The maximum Gasteiger partial charge on any atom is 0.120 e. The fourth-order valence-electron chi connectivity index (χ4n) is 1.98. The largest absolute Gasteiger partial charge is 0.488 e. The quantitative estimate of drug-likeness (QED) is 0.637. The Morgan fingerprint density at radius 1 is 0.818 bits per heavy atom. The molecule has 0 heterocycles. The molecule has 0 aromatic heterocycles. The van der Waals surface area contributed by atoms with Crippen LogP contribution in [0.5, 0.6) is 5.75 Å². The molecule has 0 N–H and O–H groups in total. The van der Waals surface area contributed by atoms with Gasteiger partial charge in [-0.2, -0.15) is 0 Å². The highest BCUT2D eigenvalue weighted by atomic mass is 32.3. The highest BCUT2D eigenvalue weighted by molar-refractivity contribution is 8.21. The topological polar surface area (TPSA) is 36.9 Å². The molecule has 0 amide bonds. The van der Waals surface area contributed by atoms with Gasteiger partial charge in [-0.05, 0) is 59.2 Å². The minimum atomic E-state index is -1.99. The van der Waals surface area contributed by atoms with E-state index in [9.17, 15) is 0 Å². The van der Waals surface area contributed by atoms with Gasteiger partial charge in [-0.1, -0.05) is 12.1 Å². The average Bonchev–Trinajstić information content (AvgIpc) is 2.40. The first kappa shape index (κ1) is 19.3. The predicted molar refractivity (Wildman–Crippen MR) is 93.0 cm³/mol. The Labute approximate surface area is 137 Å². The molecule has 0 aliphatic carbocycles. The van der Waals surface area contributed by atoms with E-state index in [1.165, 1.54) is 0 Å². The molecule has 0 aliphatic rings. The zero-order valence-electron chi connectivity index (χ0n) is 14.7. The first-order valence-electron chi connectivity index (χ1n) is 7.86. The summed E-state index contributed by atoms with van der Waals surface area (Å²) in [4.78, 5) is 0. The number of rotatable bonds is 9. The molecule has 22 heavy (non-hydrogen) atoms. The first-order valence-corrected chi connectivity index (χ1v) is 9.44. The van der Waals surface area contributed by atoms with Gasteiger partial charge in [-0.15, -0.1) is 0 Å². The molecule has 0 bridgehead atoms. The Morgan fingerprint density at radius 3 is 1.64 bits per heavy atom. The van der Waals surface area contributed by atoms with E-state index in [1.807, 2.05) is 65.8 Å². The Balaban J connectivity index is 2.84. The van der Waals surface area contributed by atoms with Crippen molar-refractivity contribution >= 4 is 10.9 Å². The molecule has 0 saturated heterocycles. The Morgan fingerprint density at radius 2 is 1.27 bits per heavy atom. The molecular formula is C17H30O4S. The van der Waals surface area contributed by atoms with Crippen molar-refractivity contribution in [3.8, 4) is 5.75 Å². The van der Waals surface area contributed by atoms with Crippen molar-refractivity contribution in [1.82, 2.24) is 0 Å². The lowest BCUT2D eigenvalue weighted by Gasteiger charge is -2.36. The van der Waals surface area contributed by atoms with Gasteiger partial charge in [-0.3, -0.25) is 12.5 Å². The van der Waals surface area contributed by atoms with E-state index in [1.54, 1.807) is 0 Å². The second kappa shape index (κ2) is 8.77. The van der Waals surface area contributed by atoms with Crippen LogP contribution in [0.25, 0.3) is 0 Å². The number of benzene rings is 1. The monoisotopic (exact) mass is 330 g/mol. The van der Waals surface area contributed by atoms with E-state index in [0.29, 0.717) is 25.6 Å². The molecule has 0 atom stereocenters. The first-order chi connectivity index (χ1) is 10.3. The summed E-state index contributed by atoms with van der Waals surface area (Å²) in [6, 6.07) is 8.04. The number of ether oxygens (including phenoxy) is 1. The molecule has 1 rings (SSSR count). The number of hydrogen-bond donors (Lipinski definition) is 0. The van der Waals surface area contributed by atoms with Gasteiger partial charge in [0.15, 0.2) is 0 Å². The van der Waals surface area contributed by atoms with Crippen LogP contribution in [0.15, 0.2) is 24.3 Å². The molecule has 0 saturated carbocycles. The van der Waals surface area contributed by atoms with Crippen molar-refractivity contribution in [3.05, 3.63) is 29.8 Å². The highest BCUT2D eigenvalue weighted by Crippen LogP contribution is 2.54. The second-order valence-electron chi connectivity index (χ2n) is 5.78. The summed E-state index contributed by atoms with van der Waals surface area (Å²) in [6.45, 7) is 13.7. The Bertz CT molecular complexity index is 408. The summed E-state index contributed by atoms with van der Waals surface area (Å²) in [7, 11) is -1.99. The van der Waals surface area contributed by atoms with Gasteiger partial charge in [0.05, 0.1) is 36.4 Å². The summed E-state index contributed by atoms with van der Waals surface area (Å²) >= 11 is 0. The molecule has 0 aliphatic heterocycles. The van der Waals surface area contributed by atoms with Crippen LogP contribution in [0.3, 0.4) is 0 Å². The van der Waals surface area contributed by atoms with Crippen molar-refractivity contribution < 1.29 is 17.3 Å². The smallest absolute Gasteiger partial charge is 0.120 e. The molecule has 0 spiro atoms. The molecule has 5 heteroatoms. The summed E-state index contributed by atoms with van der Waals surface area (Å²) in [5.74, 6) is 1.49. The predicted octanol–water partition coefficient (Wildman–Crippen LogP) is 5.02. The molecule has 4 nitrogen and oxygen atoms in total. The van der Waals surface area contributed by atoms with Gasteiger partial charge in [0.1, 0.15) is 11.4 Å². The molecule has 1 aromatic rings. The van der Waals surface area contributed by atoms with Gasteiger partial charge in [0.2, 0.25) is 0 Å². The van der Waals surface area contributed by atoms with Crippen molar-refractivity contribution in [2.75, 3.05) is 19.8 Å². The van der Waals surface area contributed by atoms with Crippen molar-refractivity contribution in [2.45, 2.75) is 52.9 Å². The summed E-state index contributed by atoms with van der Waals surface area (Å²) < 4.78 is 23.3. The number of hydrogen-bond acceptors (Lipinski definition) is 4. The van der Waals surface area contributed by atoms with Crippen LogP contribution in [-0.4, -0.2) is 25.4 Å². The van der Waals surface area contributed by atoms with Gasteiger partial charge in [0, 0.05) is 0 Å². The average molecular weight is 330 g/mol. The zero-order chi connectivity index (χ0) is 16.6. The fraction of sp³-hybridized carbons (Fsp3) is 0.647. The lowest BCUT2D eigenvalue weighted by Crippen LogP contribution is -2.22. The molecule has 0 radical (unpaired) electrons. The molecule has 128 valence electrons. The second-order valence-corrected chi connectivity index (χ2v) is 7.89. The maximum absolute atomic E-state index is 5.84. The van der Waals surface area contributed by atoms with E-state index in [4.69, 9.17) is 17.3 Å². The minimum absolute atomic E-state index is 0.196. The van der Waals surface area contributed by atoms with Gasteiger partial charge >= 0.3 is 0 Å². The summed E-state index contributed by atoms with van der Waals surface area (Å²) in [5.41, 5.74) is 0.921. The van der Waals surface area contributed by atoms with Crippen molar-refractivity contribution in [1.29, 1.82) is 0 Å². The zero-order valence-corrected chi connectivity index (χ0v) is 15.5. The van der Waals surface area contributed by atoms with Crippen LogP contribution in [0.1, 0.15) is 47.1 Å². The SMILES string of the molecule is CCOS(Cc1ccc(OC(C)(C)C)cc1)(OCC)OCC. The van der Waals surface area contributed by atoms with E-state index in [-0.39, 0.29) is 5.60 Å². The van der Waals surface area contributed by atoms with Crippen LogP contribution < -0.4 is 4.74 Å². The van der Waals surface area contributed by atoms with Crippen molar-refractivity contribution in [3.63, 3.8) is 0 Å². The molecule has 0 fully saturated rings. The summed E-state index contributed by atoms with van der Waals surface area (Å²) in [6.07, 6.45) is 0. The lowest BCUT2D eigenvalue weighted by atomic mass is 10.2. The Hall–Kier alpha value is -0.750. The van der Waals surface area contributed by atoms with Crippen molar-refractivity contribution in [2.24, 2.45) is 0 Å². The van der Waals surface area contributed by atoms with E-state index in [2.05, 4.69) is 0 Å². The van der Waals surface area contributed by atoms with Gasteiger partial charge in [0.25, 0.3) is 0 Å². The minimum Gasteiger partial charge on any atom is -0.488 e. The van der Waals surface area contributed by atoms with Gasteiger partial charge < -0.3 is 4.74 Å². The van der Waals surface area contributed by atoms with Crippen LogP contribution >= 0.6 is 10.9 Å². The third kappa shape index (κ3) is 6.57. The van der Waals surface area contributed by atoms with Gasteiger partial charge in [-0.25, -0.2) is 0 Å². The lowest BCUT2D eigenvalue weighted by molar-refractivity contribution is 0.131. The summed E-state index contributed by atoms with van der Waals surface area (Å²) in [5, 5.41) is 0. The molecular weight excluding hydrogens is 300 g/mol. The third-order valence-electron chi connectivity index (χ3n) is 2.58. The van der Waals surface area contributed by atoms with Crippen LogP contribution in [0, 0.1) is 0 Å². The van der Waals surface area contributed by atoms with Crippen LogP contribution in [0.4, 0.5) is 0 Å². The van der Waals surface area contributed by atoms with E-state index >= 15 is 0 Å². The highest BCUT2D eigenvalue weighted by Gasteiger charge is 2.27. The molecule has 0 unspecified atom stereocenters. The molecule has 1 aromatic carbocycles. The Kier molecular flexibility index (Phi) is 7.69. The third-order valence-corrected chi connectivity index (χ3v) is 5.05. The maximum atomic E-state index is 5.84. The normalized spacial score (nSPS) is 13.2. The standard InChI is InChI=1S/C17H30O4S/c1-7-18-22(19-8-2,20-9-3)14-15-10-12-16(13-11-15)21-17(4,5)6/h10-13H,7-9,14H2,1-6H3. The fourth-order valence-corrected chi connectivity index (χ4v) is 4.11.